The van der Waals surface area contributed by atoms with Crippen molar-refractivity contribution < 1.29 is 27.4 Å². The minimum atomic E-state index is -4.61. The number of benzene rings is 2. The molecule has 1 N–H and O–H groups in total. The summed E-state index contributed by atoms with van der Waals surface area (Å²) in [6, 6.07) is 9.81. The summed E-state index contributed by atoms with van der Waals surface area (Å²) < 4.78 is 48.7. The molecule has 0 atom stereocenters. The third kappa shape index (κ3) is 4.55. The minimum Gasteiger partial charge on any atom is -0.493 e. The molecule has 0 aromatic heterocycles. The average Bonchev–Trinajstić information content (AvgIpc) is 2.54. The fourth-order valence-electron chi connectivity index (χ4n) is 1.90. The van der Waals surface area contributed by atoms with Crippen LogP contribution in [0.15, 0.2) is 42.5 Å². The van der Waals surface area contributed by atoms with Crippen molar-refractivity contribution in [1.29, 1.82) is 0 Å². The van der Waals surface area contributed by atoms with Crippen LogP contribution < -0.4 is 14.8 Å². The molecule has 24 heavy (non-hydrogen) atoms. The van der Waals surface area contributed by atoms with E-state index in [-0.39, 0.29) is 12.3 Å². The number of methoxy groups -OCH3 is 1. The molecule has 1 amide bonds. The lowest BCUT2D eigenvalue weighted by atomic mass is 10.2. The van der Waals surface area contributed by atoms with E-state index in [2.05, 4.69) is 5.32 Å². The zero-order valence-electron chi connectivity index (χ0n) is 12.5. The number of nitrogens with one attached hydrogen (secondary N) is 1. The van der Waals surface area contributed by atoms with Gasteiger partial charge in [-0.15, -0.1) is 0 Å². The highest BCUT2D eigenvalue weighted by molar-refractivity contribution is 6.31. The standard InChI is InChI=1S/C16H13ClF3NO3/c1-23-13-4-2-3-5-14(13)24-9-15(22)21-10-6-7-12(17)11(8-10)16(18,19)20/h2-8H,9H2,1H3,(H,21,22). The molecular weight excluding hydrogens is 347 g/mol. The second-order valence-corrected chi connectivity index (χ2v) is 5.09. The summed E-state index contributed by atoms with van der Waals surface area (Å²) in [7, 11) is 1.45. The van der Waals surface area contributed by atoms with E-state index in [4.69, 9.17) is 21.1 Å². The summed E-state index contributed by atoms with van der Waals surface area (Å²) in [5.74, 6) is 0.176. The number of alkyl halides is 3. The Bertz CT molecular complexity index is 735. The lowest BCUT2D eigenvalue weighted by Crippen LogP contribution is -2.20. The molecule has 2 aromatic rings. The third-order valence-electron chi connectivity index (χ3n) is 2.98. The van der Waals surface area contributed by atoms with E-state index >= 15 is 0 Å². The highest BCUT2D eigenvalue weighted by Crippen LogP contribution is 2.36. The van der Waals surface area contributed by atoms with Crippen molar-refractivity contribution in [3.63, 3.8) is 0 Å². The molecular formula is C16H13ClF3NO3. The fourth-order valence-corrected chi connectivity index (χ4v) is 2.12. The van der Waals surface area contributed by atoms with Gasteiger partial charge in [-0.25, -0.2) is 0 Å². The fraction of sp³-hybridized carbons (Fsp3) is 0.188. The molecule has 0 aliphatic carbocycles. The first-order chi connectivity index (χ1) is 11.3. The van der Waals surface area contributed by atoms with Gasteiger partial charge in [0, 0.05) is 5.69 Å². The van der Waals surface area contributed by atoms with Crippen LogP contribution in [0, 0.1) is 0 Å². The highest BCUT2D eigenvalue weighted by atomic mass is 35.5. The number of ether oxygens (including phenoxy) is 2. The Balaban J connectivity index is 2.03. The number of amides is 1. The van der Waals surface area contributed by atoms with Crippen LogP contribution in [0.4, 0.5) is 18.9 Å². The van der Waals surface area contributed by atoms with Gasteiger partial charge in [-0.2, -0.15) is 13.2 Å². The maximum absolute atomic E-state index is 12.8. The van der Waals surface area contributed by atoms with Gasteiger partial charge in [0.15, 0.2) is 18.1 Å². The van der Waals surface area contributed by atoms with Gasteiger partial charge in [-0.3, -0.25) is 4.79 Å². The molecule has 0 saturated heterocycles. The maximum atomic E-state index is 12.8. The first-order valence-corrected chi connectivity index (χ1v) is 7.11. The first kappa shape index (κ1) is 17.9. The summed E-state index contributed by atoms with van der Waals surface area (Å²) in [5.41, 5.74) is -1.05. The molecule has 128 valence electrons. The molecule has 0 aliphatic heterocycles. The third-order valence-corrected chi connectivity index (χ3v) is 3.31. The smallest absolute Gasteiger partial charge is 0.417 e. The van der Waals surface area contributed by atoms with Crippen molar-refractivity contribution in [1.82, 2.24) is 0 Å². The van der Waals surface area contributed by atoms with E-state index in [0.29, 0.717) is 11.5 Å². The second kappa shape index (κ2) is 7.44. The molecule has 0 spiro atoms. The van der Waals surface area contributed by atoms with Crippen molar-refractivity contribution in [3.05, 3.63) is 53.1 Å². The topological polar surface area (TPSA) is 47.6 Å². The zero-order chi connectivity index (χ0) is 17.7. The Morgan fingerprint density at radius 3 is 2.46 bits per heavy atom. The summed E-state index contributed by atoms with van der Waals surface area (Å²) in [5, 5.41) is 1.89. The number of hydrogen-bond acceptors (Lipinski definition) is 3. The normalized spacial score (nSPS) is 11.0. The maximum Gasteiger partial charge on any atom is 0.417 e. The molecule has 2 rings (SSSR count). The lowest BCUT2D eigenvalue weighted by Gasteiger charge is -2.13. The van der Waals surface area contributed by atoms with Crippen molar-refractivity contribution >= 4 is 23.2 Å². The van der Waals surface area contributed by atoms with Crippen LogP contribution in [0.2, 0.25) is 5.02 Å². The summed E-state index contributed by atoms with van der Waals surface area (Å²) in [6.45, 7) is -0.385. The molecule has 0 bridgehead atoms. The minimum absolute atomic E-state index is 0.0275. The van der Waals surface area contributed by atoms with E-state index < -0.39 is 22.7 Å². The van der Waals surface area contributed by atoms with Crippen LogP contribution >= 0.6 is 11.6 Å². The quantitative estimate of drug-likeness (QED) is 0.861. The second-order valence-electron chi connectivity index (χ2n) is 4.68. The van der Waals surface area contributed by atoms with Crippen molar-refractivity contribution in [3.8, 4) is 11.5 Å². The SMILES string of the molecule is COc1ccccc1OCC(=O)Nc1ccc(Cl)c(C(F)(F)F)c1. The van der Waals surface area contributed by atoms with Gasteiger partial charge in [-0.05, 0) is 30.3 Å². The molecule has 4 nitrogen and oxygen atoms in total. The molecule has 0 fully saturated rings. The van der Waals surface area contributed by atoms with Gasteiger partial charge in [0.05, 0.1) is 17.7 Å². The molecule has 0 saturated carbocycles. The highest BCUT2D eigenvalue weighted by Gasteiger charge is 2.33. The molecule has 0 unspecified atom stereocenters. The Morgan fingerprint density at radius 2 is 1.83 bits per heavy atom. The number of para-hydroxylation sites is 2. The van der Waals surface area contributed by atoms with Crippen LogP contribution in [0.5, 0.6) is 11.5 Å². The largest absolute Gasteiger partial charge is 0.493 e. The van der Waals surface area contributed by atoms with Gasteiger partial charge >= 0.3 is 6.18 Å². The molecule has 8 heteroatoms. The predicted molar refractivity (Wildman–Crippen MR) is 83.6 cm³/mol. The summed E-state index contributed by atoms with van der Waals surface area (Å²) in [4.78, 5) is 11.8. The average molecular weight is 360 g/mol. The van der Waals surface area contributed by atoms with Gasteiger partial charge in [-0.1, -0.05) is 23.7 Å². The monoisotopic (exact) mass is 359 g/mol. The van der Waals surface area contributed by atoms with E-state index in [1.165, 1.54) is 13.2 Å². The van der Waals surface area contributed by atoms with Crippen LogP contribution in [-0.2, 0) is 11.0 Å². The van der Waals surface area contributed by atoms with Crippen LogP contribution in [0.3, 0.4) is 0 Å². The van der Waals surface area contributed by atoms with E-state index in [0.717, 1.165) is 12.1 Å². The van der Waals surface area contributed by atoms with Crippen molar-refractivity contribution in [2.75, 3.05) is 19.0 Å². The molecule has 2 aromatic carbocycles. The van der Waals surface area contributed by atoms with Gasteiger partial charge in [0.1, 0.15) is 0 Å². The number of hydrogen-bond donors (Lipinski definition) is 1. The van der Waals surface area contributed by atoms with Gasteiger partial charge < -0.3 is 14.8 Å². The number of anilines is 1. The van der Waals surface area contributed by atoms with E-state index in [9.17, 15) is 18.0 Å². The Kier molecular flexibility index (Phi) is 5.56. The number of carbonyl (C=O) groups excluding carboxylic acids is 1. The number of rotatable bonds is 5. The van der Waals surface area contributed by atoms with Crippen molar-refractivity contribution in [2.45, 2.75) is 6.18 Å². The Labute approximate surface area is 141 Å². The summed E-state index contributed by atoms with van der Waals surface area (Å²) >= 11 is 5.52. The Hall–Kier alpha value is -2.41. The summed E-state index contributed by atoms with van der Waals surface area (Å²) in [6.07, 6.45) is -4.61. The molecule has 0 radical (unpaired) electrons. The molecule has 0 aliphatic rings. The van der Waals surface area contributed by atoms with Gasteiger partial charge in [0.25, 0.3) is 5.91 Å². The first-order valence-electron chi connectivity index (χ1n) is 6.73. The molecule has 0 heterocycles. The predicted octanol–water partition coefficient (Wildman–Crippen LogP) is 4.38. The van der Waals surface area contributed by atoms with E-state index in [1.54, 1.807) is 24.3 Å². The van der Waals surface area contributed by atoms with Crippen molar-refractivity contribution in [2.24, 2.45) is 0 Å². The zero-order valence-corrected chi connectivity index (χ0v) is 13.2. The number of halogens is 4. The Morgan fingerprint density at radius 1 is 1.17 bits per heavy atom. The van der Waals surface area contributed by atoms with Crippen LogP contribution in [-0.4, -0.2) is 19.6 Å². The lowest BCUT2D eigenvalue weighted by molar-refractivity contribution is -0.137. The van der Waals surface area contributed by atoms with Gasteiger partial charge in [0.2, 0.25) is 0 Å². The number of carbonyl (C=O) groups is 1. The van der Waals surface area contributed by atoms with Crippen LogP contribution in [0.1, 0.15) is 5.56 Å². The van der Waals surface area contributed by atoms with Crippen LogP contribution in [0.25, 0.3) is 0 Å². The van der Waals surface area contributed by atoms with E-state index in [1.807, 2.05) is 0 Å².